The van der Waals surface area contributed by atoms with E-state index in [2.05, 4.69) is 20.6 Å². The molecule has 5 nitrogen and oxygen atoms in total. The van der Waals surface area contributed by atoms with E-state index in [0.717, 1.165) is 30.6 Å². The average molecular weight is 303 g/mol. The normalized spacial score (nSPS) is 13.6. The second-order valence-electron chi connectivity index (χ2n) is 4.98. The highest BCUT2D eigenvalue weighted by Gasteiger charge is 2.18. The SMILES string of the molecule is Cc1cc(Cl)nc(NC(=O)c2cccc3c2CCNC3)n1. The fourth-order valence-electron chi connectivity index (χ4n) is 2.50. The third-order valence-electron chi connectivity index (χ3n) is 3.43. The number of benzene rings is 1. The van der Waals surface area contributed by atoms with E-state index in [-0.39, 0.29) is 11.9 Å². The van der Waals surface area contributed by atoms with Gasteiger partial charge in [-0.1, -0.05) is 23.7 Å². The van der Waals surface area contributed by atoms with Crippen LogP contribution in [0.25, 0.3) is 0 Å². The number of aromatic nitrogens is 2. The van der Waals surface area contributed by atoms with Gasteiger partial charge in [-0.3, -0.25) is 10.1 Å². The minimum atomic E-state index is -0.199. The molecule has 108 valence electrons. The first kappa shape index (κ1) is 14.0. The number of anilines is 1. The fourth-order valence-corrected chi connectivity index (χ4v) is 2.74. The zero-order valence-corrected chi connectivity index (χ0v) is 12.4. The molecule has 21 heavy (non-hydrogen) atoms. The highest BCUT2D eigenvalue weighted by Crippen LogP contribution is 2.20. The maximum atomic E-state index is 12.5. The minimum Gasteiger partial charge on any atom is -0.312 e. The standard InChI is InChI=1S/C15H15ClN4O/c1-9-7-13(16)19-15(18-9)20-14(21)12-4-2-3-10-8-17-6-5-11(10)12/h2-4,7,17H,5-6,8H2,1H3,(H,18,19,20,21). The van der Waals surface area contributed by atoms with Crippen LogP contribution in [0.1, 0.15) is 27.2 Å². The second kappa shape index (κ2) is 5.79. The maximum absolute atomic E-state index is 12.5. The van der Waals surface area contributed by atoms with Crippen LogP contribution in [0.5, 0.6) is 0 Å². The Kier molecular flexibility index (Phi) is 3.86. The summed E-state index contributed by atoms with van der Waals surface area (Å²) < 4.78 is 0. The number of fused-ring (bicyclic) bond motifs is 1. The van der Waals surface area contributed by atoms with E-state index in [0.29, 0.717) is 16.4 Å². The van der Waals surface area contributed by atoms with Gasteiger partial charge >= 0.3 is 0 Å². The summed E-state index contributed by atoms with van der Waals surface area (Å²) in [4.78, 5) is 20.6. The Balaban J connectivity index is 1.89. The quantitative estimate of drug-likeness (QED) is 0.836. The lowest BCUT2D eigenvalue weighted by Crippen LogP contribution is -2.26. The predicted octanol–water partition coefficient (Wildman–Crippen LogP) is 2.34. The van der Waals surface area contributed by atoms with Crippen molar-refractivity contribution in [2.75, 3.05) is 11.9 Å². The summed E-state index contributed by atoms with van der Waals surface area (Å²) in [7, 11) is 0. The van der Waals surface area contributed by atoms with Gasteiger partial charge in [-0.2, -0.15) is 0 Å². The van der Waals surface area contributed by atoms with Gasteiger partial charge in [0.05, 0.1) is 0 Å². The first-order valence-electron chi connectivity index (χ1n) is 6.77. The third kappa shape index (κ3) is 3.04. The van der Waals surface area contributed by atoms with Gasteiger partial charge in [0, 0.05) is 17.8 Å². The first-order chi connectivity index (χ1) is 10.1. The van der Waals surface area contributed by atoms with E-state index in [1.54, 1.807) is 13.0 Å². The summed E-state index contributed by atoms with van der Waals surface area (Å²) in [5.41, 5.74) is 3.64. The number of amides is 1. The molecule has 1 amide bonds. The van der Waals surface area contributed by atoms with Crippen molar-refractivity contribution in [2.24, 2.45) is 0 Å². The van der Waals surface area contributed by atoms with Crippen LogP contribution < -0.4 is 10.6 Å². The number of carbonyl (C=O) groups is 1. The van der Waals surface area contributed by atoms with Gasteiger partial charge in [0.1, 0.15) is 5.15 Å². The molecule has 0 saturated heterocycles. The van der Waals surface area contributed by atoms with E-state index in [1.165, 1.54) is 0 Å². The summed E-state index contributed by atoms with van der Waals surface area (Å²) in [6, 6.07) is 7.41. The molecule has 1 aliphatic rings. The highest BCUT2D eigenvalue weighted by molar-refractivity contribution is 6.29. The molecule has 0 aliphatic carbocycles. The summed E-state index contributed by atoms with van der Waals surface area (Å²) in [6.07, 6.45) is 0.842. The molecule has 0 radical (unpaired) electrons. The molecule has 2 aromatic rings. The maximum Gasteiger partial charge on any atom is 0.258 e. The average Bonchev–Trinajstić information content (AvgIpc) is 2.45. The van der Waals surface area contributed by atoms with E-state index in [4.69, 9.17) is 11.6 Å². The highest BCUT2D eigenvalue weighted by atomic mass is 35.5. The van der Waals surface area contributed by atoms with E-state index < -0.39 is 0 Å². The lowest BCUT2D eigenvalue weighted by molar-refractivity contribution is 0.102. The zero-order valence-electron chi connectivity index (χ0n) is 11.6. The van der Waals surface area contributed by atoms with Gasteiger partial charge in [0.2, 0.25) is 5.95 Å². The first-order valence-corrected chi connectivity index (χ1v) is 7.15. The van der Waals surface area contributed by atoms with Crippen LogP contribution in [0.3, 0.4) is 0 Å². The number of nitrogens with zero attached hydrogens (tertiary/aromatic N) is 2. The van der Waals surface area contributed by atoms with Crippen LogP contribution in [-0.2, 0) is 13.0 Å². The molecule has 0 saturated carbocycles. The fraction of sp³-hybridized carbons (Fsp3) is 0.267. The van der Waals surface area contributed by atoms with Crippen LogP contribution >= 0.6 is 11.6 Å². The van der Waals surface area contributed by atoms with Gasteiger partial charge < -0.3 is 5.32 Å². The number of rotatable bonds is 2. The van der Waals surface area contributed by atoms with Crippen LogP contribution in [-0.4, -0.2) is 22.4 Å². The molecule has 1 aromatic carbocycles. The van der Waals surface area contributed by atoms with Crippen molar-refractivity contribution in [2.45, 2.75) is 19.9 Å². The minimum absolute atomic E-state index is 0.199. The van der Waals surface area contributed by atoms with E-state index in [9.17, 15) is 4.79 Å². The van der Waals surface area contributed by atoms with Crippen LogP contribution in [0, 0.1) is 6.92 Å². The molecule has 1 aliphatic heterocycles. The van der Waals surface area contributed by atoms with Gasteiger partial charge in [-0.05, 0) is 43.1 Å². The third-order valence-corrected chi connectivity index (χ3v) is 3.63. The lowest BCUT2D eigenvalue weighted by atomic mass is 9.95. The molecule has 3 rings (SSSR count). The molecule has 2 heterocycles. The molecule has 1 aromatic heterocycles. The Labute approximate surface area is 127 Å². The molecule has 0 fully saturated rings. The largest absolute Gasteiger partial charge is 0.312 e. The molecule has 2 N–H and O–H groups in total. The van der Waals surface area contributed by atoms with Crippen molar-refractivity contribution in [1.82, 2.24) is 15.3 Å². The number of hydrogen-bond acceptors (Lipinski definition) is 4. The van der Waals surface area contributed by atoms with Crippen molar-refractivity contribution in [3.8, 4) is 0 Å². The van der Waals surface area contributed by atoms with Crippen LogP contribution in [0.15, 0.2) is 24.3 Å². The molecule has 6 heteroatoms. The van der Waals surface area contributed by atoms with E-state index >= 15 is 0 Å². The van der Waals surface area contributed by atoms with Crippen molar-refractivity contribution in [3.05, 3.63) is 51.8 Å². The number of aryl methyl sites for hydroxylation is 1. The van der Waals surface area contributed by atoms with Crippen LogP contribution in [0.2, 0.25) is 5.15 Å². The van der Waals surface area contributed by atoms with Crippen molar-refractivity contribution < 1.29 is 4.79 Å². The lowest BCUT2D eigenvalue weighted by Gasteiger charge is -2.19. The summed E-state index contributed by atoms with van der Waals surface area (Å²) in [6.45, 7) is 3.48. The smallest absolute Gasteiger partial charge is 0.258 e. The molecule has 0 bridgehead atoms. The number of halogens is 1. The zero-order chi connectivity index (χ0) is 14.8. The summed E-state index contributed by atoms with van der Waals surface area (Å²) >= 11 is 5.88. The second-order valence-corrected chi connectivity index (χ2v) is 5.37. The molecular formula is C15H15ClN4O. The number of carbonyl (C=O) groups excluding carboxylic acids is 1. The Hall–Kier alpha value is -1.98. The van der Waals surface area contributed by atoms with Crippen LogP contribution in [0.4, 0.5) is 5.95 Å². The van der Waals surface area contributed by atoms with Crippen molar-refractivity contribution >= 4 is 23.5 Å². The molecule has 0 atom stereocenters. The topological polar surface area (TPSA) is 66.9 Å². The van der Waals surface area contributed by atoms with E-state index in [1.807, 2.05) is 18.2 Å². The molecular weight excluding hydrogens is 288 g/mol. The summed E-state index contributed by atoms with van der Waals surface area (Å²) in [5, 5.41) is 6.34. The Morgan fingerprint density at radius 1 is 1.38 bits per heavy atom. The Morgan fingerprint density at radius 2 is 2.24 bits per heavy atom. The Bertz CT molecular complexity index is 682. The Morgan fingerprint density at radius 3 is 3.05 bits per heavy atom. The number of hydrogen-bond donors (Lipinski definition) is 2. The van der Waals surface area contributed by atoms with Gasteiger partial charge in [0.15, 0.2) is 0 Å². The van der Waals surface area contributed by atoms with Gasteiger partial charge in [-0.25, -0.2) is 9.97 Å². The van der Waals surface area contributed by atoms with Crippen molar-refractivity contribution in [3.63, 3.8) is 0 Å². The molecule has 0 spiro atoms. The monoisotopic (exact) mass is 302 g/mol. The number of nitrogens with one attached hydrogen (secondary N) is 2. The predicted molar refractivity (Wildman–Crippen MR) is 81.6 cm³/mol. The molecule has 0 unspecified atom stereocenters. The van der Waals surface area contributed by atoms with Gasteiger partial charge in [-0.15, -0.1) is 0 Å². The van der Waals surface area contributed by atoms with Crippen molar-refractivity contribution in [1.29, 1.82) is 0 Å². The van der Waals surface area contributed by atoms with Gasteiger partial charge in [0.25, 0.3) is 5.91 Å². The summed E-state index contributed by atoms with van der Waals surface area (Å²) in [5.74, 6) is 0.0342.